The standard InChI is InChI=1S/C18H24N2O3/c1-17(10-14-4-2-3-5-15(14)11-17)12-19-16(21)20-7-6-18(13-20)22-8-9-23-18/h2-5H,6-13H2,1H3,(H,19,21). The fourth-order valence-electron chi connectivity index (χ4n) is 4.07. The van der Waals surface area contributed by atoms with Crippen LogP contribution in [0.15, 0.2) is 24.3 Å². The van der Waals surface area contributed by atoms with Crippen LogP contribution in [0.5, 0.6) is 0 Å². The molecule has 2 fully saturated rings. The predicted octanol–water partition coefficient (Wildman–Crippen LogP) is 1.95. The third-order valence-corrected chi connectivity index (χ3v) is 5.31. The first-order chi connectivity index (χ1) is 11.1. The SMILES string of the molecule is CC1(CNC(=O)N2CCC3(C2)OCCO3)Cc2ccccc2C1. The summed E-state index contributed by atoms with van der Waals surface area (Å²) in [6.45, 7) is 5.45. The van der Waals surface area contributed by atoms with Crippen molar-refractivity contribution in [1.29, 1.82) is 0 Å². The van der Waals surface area contributed by atoms with Crippen LogP contribution in [0.25, 0.3) is 0 Å². The van der Waals surface area contributed by atoms with Gasteiger partial charge in [0.15, 0.2) is 5.79 Å². The second-order valence-electron chi connectivity index (χ2n) is 7.37. The molecule has 2 saturated heterocycles. The topological polar surface area (TPSA) is 50.8 Å². The van der Waals surface area contributed by atoms with Gasteiger partial charge in [-0.25, -0.2) is 4.79 Å². The van der Waals surface area contributed by atoms with E-state index in [9.17, 15) is 4.79 Å². The third kappa shape index (κ3) is 2.83. The van der Waals surface area contributed by atoms with Crippen molar-refractivity contribution in [3.8, 4) is 0 Å². The Morgan fingerprint density at radius 2 is 1.87 bits per heavy atom. The van der Waals surface area contributed by atoms with E-state index in [0.717, 1.165) is 19.3 Å². The Labute approximate surface area is 136 Å². The minimum absolute atomic E-state index is 0.00171. The van der Waals surface area contributed by atoms with E-state index in [1.807, 2.05) is 4.90 Å². The Morgan fingerprint density at radius 3 is 2.52 bits per heavy atom. The highest BCUT2D eigenvalue weighted by molar-refractivity contribution is 5.74. The van der Waals surface area contributed by atoms with Crippen LogP contribution < -0.4 is 5.32 Å². The maximum atomic E-state index is 12.5. The second kappa shape index (κ2) is 5.49. The van der Waals surface area contributed by atoms with Crippen molar-refractivity contribution < 1.29 is 14.3 Å². The summed E-state index contributed by atoms with van der Waals surface area (Å²) >= 11 is 0. The van der Waals surface area contributed by atoms with Gasteiger partial charge in [-0.3, -0.25) is 0 Å². The van der Waals surface area contributed by atoms with E-state index < -0.39 is 5.79 Å². The third-order valence-electron chi connectivity index (χ3n) is 5.31. The van der Waals surface area contributed by atoms with E-state index in [2.05, 4.69) is 36.5 Å². The molecule has 1 spiro atoms. The first-order valence-corrected chi connectivity index (χ1v) is 8.45. The minimum atomic E-state index is -0.537. The predicted molar refractivity (Wildman–Crippen MR) is 86.2 cm³/mol. The summed E-state index contributed by atoms with van der Waals surface area (Å²) in [5, 5.41) is 3.12. The Kier molecular flexibility index (Phi) is 3.58. The molecule has 2 heterocycles. The van der Waals surface area contributed by atoms with Crippen molar-refractivity contribution in [1.82, 2.24) is 10.2 Å². The highest BCUT2D eigenvalue weighted by Crippen LogP contribution is 2.36. The number of carbonyl (C=O) groups excluding carboxylic acids is 1. The van der Waals surface area contributed by atoms with Crippen LogP contribution in [0.2, 0.25) is 0 Å². The molecule has 124 valence electrons. The summed E-state index contributed by atoms with van der Waals surface area (Å²) in [5.41, 5.74) is 2.94. The van der Waals surface area contributed by atoms with Gasteiger partial charge in [-0.2, -0.15) is 0 Å². The van der Waals surface area contributed by atoms with Crippen molar-refractivity contribution in [3.05, 3.63) is 35.4 Å². The number of ether oxygens (including phenoxy) is 2. The molecule has 1 N–H and O–H groups in total. The number of amides is 2. The van der Waals surface area contributed by atoms with Gasteiger partial charge in [0.1, 0.15) is 0 Å². The molecule has 0 atom stereocenters. The lowest BCUT2D eigenvalue weighted by atomic mass is 9.87. The zero-order chi connectivity index (χ0) is 15.9. The summed E-state index contributed by atoms with van der Waals surface area (Å²) in [6.07, 6.45) is 2.82. The normalized spacial score (nSPS) is 24.1. The number of nitrogens with one attached hydrogen (secondary N) is 1. The fourth-order valence-corrected chi connectivity index (χ4v) is 4.07. The molecule has 1 aromatic rings. The number of nitrogens with zero attached hydrogens (tertiary/aromatic N) is 1. The Bertz CT molecular complexity index is 585. The first kappa shape index (κ1) is 15.0. The maximum Gasteiger partial charge on any atom is 0.317 e. The lowest BCUT2D eigenvalue weighted by Gasteiger charge is -2.27. The number of fused-ring (bicyclic) bond motifs is 1. The van der Waals surface area contributed by atoms with Crippen LogP contribution in [0.4, 0.5) is 4.79 Å². The second-order valence-corrected chi connectivity index (χ2v) is 7.37. The summed E-state index contributed by atoms with van der Waals surface area (Å²) in [6, 6.07) is 8.57. The smallest absolute Gasteiger partial charge is 0.317 e. The number of urea groups is 1. The van der Waals surface area contributed by atoms with E-state index >= 15 is 0 Å². The Balaban J connectivity index is 1.32. The number of likely N-dealkylation sites (tertiary alicyclic amines) is 1. The molecular weight excluding hydrogens is 292 g/mol. The summed E-state index contributed by atoms with van der Waals surface area (Å²) in [7, 11) is 0. The molecule has 0 radical (unpaired) electrons. The molecule has 2 aliphatic heterocycles. The first-order valence-electron chi connectivity index (χ1n) is 8.45. The van der Waals surface area contributed by atoms with Crippen molar-refractivity contribution in [3.63, 3.8) is 0 Å². The summed E-state index contributed by atoms with van der Waals surface area (Å²) in [5.74, 6) is -0.537. The number of hydrogen-bond acceptors (Lipinski definition) is 3. The molecule has 1 aliphatic carbocycles. The Morgan fingerprint density at radius 1 is 1.22 bits per heavy atom. The molecule has 4 rings (SSSR count). The fraction of sp³-hybridized carbons (Fsp3) is 0.611. The van der Waals surface area contributed by atoms with Crippen molar-refractivity contribution in [2.75, 3.05) is 32.8 Å². The van der Waals surface area contributed by atoms with Crippen LogP contribution in [0.3, 0.4) is 0 Å². The number of rotatable bonds is 2. The van der Waals surface area contributed by atoms with E-state index in [-0.39, 0.29) is 11.4 Å². The lowest BCUT2D eigenvalue weighted by molar-refractivity contribution is -0.143. The maximum absolute atomic E-state index is 12.5. The highest BCUT2D eigenvalue weighted by Gasteiger charge is 2.45. The minimum Gasteiger partial charge on any atom is -0.346 e. The molecule has 23 heavy (non-hydrogen) atoms. The summed E-state index contributed by atoms with van der Waals surface area (Å²) < 4.78 is 11.4. The lowest BCUT2D eigenvalue weighted by Crippen LogP contribution is -2.45. The van der Waals surface area contributed by atoms with Gasteiger partial charge in [0, 0.05) is 19.5 Å². The average molecular weight is 316 g/mol. The van der Waals surface area contributed by atoms with Crippen molar-refractivity contribution in [2.24, 2.45) is 5.41 Å². The molecule has 2 amide bonds. The van der Waals surface area contributed by atoms with Crippen LogP contribution in [0, 0.1) is 5.41 Å². The van der Waals surface area contributed by atoms with Gasteiger partial charge in [0.2, 0.25) is 0 Å². The Hall–Kier alpha value is -1.59. The molecule has 0 unspecified atom stereocenters. The van der Waals surface area contributed by atoms with E-state index in [0.29, 0.717) is 32.8 Å². The zero-order valence-corrected chi connectivity index (χ0v) is 13.6. The average Bonchev–Trinajstić information content (AvgIpc) is 3.25. The van der Waals surface area contributed by atoms with E-state index in [1.54, 1.807) is 0 Å². The van der Waals surface area contributed by atoms with Crippen molar-refractivity contribution >= 4 is 6.03 Å². The largest absolute Gasteiger partial charge is 0.346 e. The van der Waals surface area contributed by atoms with Gasteiger partial charge >= 0.3 is 6.03 Å². The number of benzene rings is 1. The van der Waals surface area contributed by atoms with Gasteiger partial charge in [0.25, 0.3) is 0 Å². The van der Waals surface area contributed by atoms with Crippen LogP contribution in [-0.2, 0) is 22.3 Å². The monoisotopic (exact) mass is 316 g/mol. The van der Waals surface area contributed by atoms with Crippen LogP contribution >= 0.6 is 0 Å². The van der Waals surface area contributed by atoms with Crippen LogP contribution in [0.1, 0.15) is 24.5 Å². The molecule has 5 nitrogen and oxygen atoms in total. The van der Waals surface area contributed by atoms with Gasteiger partial charge < -0.3 is 19.7 Å². The highest BCUT2D eigenvalue weighted by atomic mass is 16.7. The molecule has 0 saturated carbocycles. The molecule has 5 heteroatoms. The quantitative estimate of drug-likeness (QED) is 0.907. The van der Waals surface area contributed by atoms with Gasteiger partial charge in [0.05, 0.1) is 19.8 Å². The zero-order valence-electron chi connectivity index (χ0n) is 13.6. The number of hydrogen-bond donors (Lipinski definition) is 1. The molecule has 1 aromatic carbocycles. The van der Waals surface area contributed by atoms with E-state index in [1.165, 1.54) is 11.1 Å². The number of carbonyl (C=O) groups is 1. The molecule has 0 bridgehead atoms. The molecular formula is C18H24N2O3. The van der Waals surface area contributed by atoms with Gasteiger partial charge in [-0.1, -0.05) is 31.2 Å². The molecule has 3 aliphatic rings. The summed E-state index contributed by atoms with van der Waals surface area (Å²) in [4.78, 5) is 14.3. The van der Waals surface area contributed by atoms with Gasteiger partial charge in [-0.15, -0.1) is 0 Å². The van der Waals surface area contributed by atoms with E-state index in [4.69, 9.17) is 9.47 Å². The van der Waals surface area contributed by atoms with Crippen molar-refractivity contribution in [2.45, 2.75) is 32.0 Å². The molecule has 0 aromatic heterocycles. The van der Waals surface area contributed by atoms with Crippen LogP contribution in [-0.4, -0.2) is 49.6 Å². The van der Waals surface area contributed by atoms with Gasteiger partial charge in [-0.05, 0) is 29.4 Å².